The summed E-state index contributed by atoms with van der Waals surface area (Å²) in [7, 11) is 0. The van der Waals surface area contributed by atoms with Crippen molar-refractivity contribution in [3.63, 3.8) is 0 Å². The SMILES string of the molecule is Cc1ccc(=O)n(CC2CCN(C3CCCCC3O)CC2)n1. The second-order valence-corrected chi connectivity index (χ2v) is 6.89. The Labute approximate surface area is 131 Å². The average Bonchev–Trinajstić information content (AvgIpc) is 2.52. The number of nitrogens with zero attached hydrogens (tertiary/aromatic N) is 3. The zero-order valence-corrected chi connectivity index (χ0v) is 13.4. The zero-order valence-electron chi connectivity index (χ0n) is 13.4. The zero-order chi connectivity index (χ0) is 15.5. The smallest absolute Gasteiger partial charge is 0.266 e. The minimum absolute atomic E-state index is 0.00395. The van der Waals surface area contributed by atoms with Gasteiger partial charge in [0.1, 0.15) is 0 Å². The molecule has 1 aromatic rings. The molecule has 1 N–H and O–H groups in total. The highest BCUT2D eigenvalue weighted by atomic mass is 16.3. The van der Waals surface area contributed by atoms with E-state index < -0.39 is 0 Å². The van der Waals surface area contributed by atoms with Crippen LogP contribution >= 0.6 is 0 Å². The summed E-state index contributed by atoms with van der Waals surface area (Å²) in [6, 6.07) is 3.73. The van der Waals surface area contributed by atoms with E-state index in [2.05, 4.69) is 10.00 Å². The van der Waals surface area contributed by atoms with Crippen LogP contribution < -0.4 is 5.56 Å². The van der Waals surface area contributed by atoms with Gasteiger partial charge in [-0.2, -0.15) is 5.10 Å². The standard InChI is InChI=1S/C17H27N3O2/c1-13-6-7-17(22)20(18-13)12-14-8-10-19(11-9-14)15-4-2-3-5-16(15)21/h6-7,14-16,21H,2-5,8-12H2,1H3. The third kappa shape index (κ3) is 3.58. The molecular formula is C17H27N3O2. The first-order valence-corrected chi connectivity index (χ1v) is 8.60. The van der Waals surface area contributed by atoms with Gasteiger partial charge < -0.3 is 5.11 Å². The van der Waals surface area contributed by atoms with Gasteiger partial charge >= 0.3 is 0 Å². The molecule has 122 valence electrons. The molecule has 1 aliphatic carbocycles. The summed E-state index contributed by atoms with van der Waals surface area (Å²) in [6.45, 7) is 4.71. The lowest BCUT2D eigenvalue weighted by molar-refractivity contribution is 0.00245. The summed E-state index contributed by atoms with van der Waals surface area (Å²) in [5.74, 6) is 0.518. The second-order valence-electron chi connectivity index (χ2n) is 6.89. The number of hydrogen-bond donors (Lipinski definition) is 1. The van der Waals surface area contributed by atoms with Crippen LogP contribution in [0.1, 0.15) is 44.2 Å². The lowest BCUT2D eigenvalue weighted by atomic mass is 9.88. The van der Waals surface area contributed by atoms with Gasteiger partial charge in [-0.1, -0.05) is 12.8 Å². The fourth-order valence-corrected chi connectivity index (χ4v) is 3.91. The molecule has 0 spiro atoms. The molecule has 1 saturated heterocycles. The first-order valence-electron chi connectivity index (χ1n) is 8.60. The van der Waals surface area contributed by atoms with Crippen LogP contribution in [-0.4, -0.2) is 45.0 Å². The van der Waals surface area contributed by atoms with Crippen LogP contribution in [0.3, 0.4) is 0 Å². The number of rotatable bonds is 3. The van der Waals surface area contributed by atoms with Gasteiger partial charge in [0, 0.05) is 18.7 Å². The van der Waals surface area contributed by atoms with Crippen molar-refractivity contribution in [1.82, 2.24) is 14.7 Å². The van der Waals surface area contributed by atoms with Gasteiger partial charge in [-0.25, -0.2) is 4.68 Å². The van der Waals surface area contributed by atoms with Crippen LogP contribution in [0.15, 0.2) is 16.9 Å². The van der Waals surface area contributed by atoms with E-state index in [0.717, 1.165) is 57.4 Å². The van der Waals surface area contributed by atoms with Crippen LogP contribution in [0.5, 0.6) is 0 Å². The summed E-state index contributed by atoms with van der Waals surface area (Å²) >= 11 is 0. The molecule has 2 atom stereocenters. The van der Waals surface area contributed by atoms with Gasteiger partial charge in [0.25, 0.3) is 5.56 Å². The van der Waals surface area contributed by atoms with E-state index >= 15 is 0 Å². The molecule has 5 nitrogen and oxygen atoms in total. The molecule has 3 rings (SSSR count). The van der Waals surface area contributed by atoms with Crippen molar-refractivity contribution in [2.24, 2.45) is 5.92 Å². The number of aryl methyl sites for hydroxylation is 1. The molecular weight excluding hydrogens is 278 g/mol. The molecule has 1 saturated carbocycles. The highest BCUT2D eigenvalue weighted by Crippen LogP contribution is 2.27. The van der Waals surface area contributed by atoms with E-state index in [4.69, 9.17) is 0 Å². The van der Waals surface area contributed by atoms with E-state index in [1.165, 1.54) is 6.42 Å². The van der Waals surface area contributed by atoms with Crippen molar-refractivity contribution in [3.05, 3.63) is 28.2 Å². The quantitative estimate of drug-likeness (QED) is 0.921. The molecule has 0 aromatic carbocycles. The maximum absolute atomic E-state index is 11.9. The first kappa shape index (κ1) is 15.7. The summed E-state index contributed by atoms with van der Waals surface area (Å²) in [4.78, 5) is 14.3. The van der Waals surface area contributed by atoms with Crippen molar-refractivity contribution in [1.29, 1.82) is 0 Å². The Bertz CT molecular complexity index is 549. The van der Waals surface area contributed by atoms with Crippen LogP contribution in [-0.2, 0) is 6.54 Å². The molecule has 0 radical (unpaired) electrons. The number of likely N-dealkylation sites (tertiary alicyclic amines) is 1. The van der Waals surface area contributed by atoms with Gasteiger partial charge in [0.15, 0.2) is 0 Å². The van der Waals surface area contributed by atoms with Gasteiger partial charge in [-0.05, 0) is 57.7 Å². The van der Waals surface area contributed by atoms with Gasteiger partial charge in [0.2, 0.25) is 0 Å². The number of hydrogen-bond acceptors (Lipinski definition) is 4. The van der Waals surface area contributed by atoms with Crippen molar-refractivity contribution in [2.75, 3.05) is 13.1 Å². The predicted octanol–water partition coefficient (Wildman–Crippen LogP) is 1.57. The van der Waals surface area contributed by atoms with Gasteiger partial charge in [-0.15, -0.1) is 0 Å². The molecule has 2 aliphatic rings. The number of aromatic nitrogens is 2. The first-order chi connectivity index (χ1) is 10.6. The Morgan fingerprint density at radius 1 is 1.18 bits per heavy atom. The highest BCUT2D eigenvalue weighted by molar-refractivity contribution is 4.97. The van der Waals surface area contributed by atoms with E-state index in [1.54, 1.807) is 16.8 Å². The van der Waals surface area contributed by atoms with Crippen LogP contribution in [0.2, 0.25) is 0 Å². The maximum Gasteiger partial charge on any atom is 0.266 e. The third-order valence-electron chi connectivity index (χ3n) is 5.24. The van der Waals surface area contributed by atoms with E-state index in [-0.39, 0.29) is 11.7 Å². The second kappa shape index (κ2) is 6.92. The minimum Gasteiger partial charge on any atom is -0.391 e. The number of piperidine rings is 1. The van der Waals surface area contributed by atoms with Crippen LogP contribution in [0.25, 0.3) is 0 Å². The average molecular weight is 305 g/mol. The monoisotopic (exact) mass is 305 g/mol. The minimum atomic E-state index is -0.147. The van der Waals surface area contributed by atoms with Crippen LogP contribution in [0.4, 0.5) is 0 Å². The highest BCUT2D eigenvalue weighted by Gasteiger charge is 2.31. The summed E-state index contributed by atoms with van der Waals surface area (Å²) in [6.07, 6.45) is 6.51. The Balaban J connectivity index is 1.55. The Hall–Kier alpha value is -1.20. The molecule has 0 bridgehead atoms. The third-order valence-corrected chi connectivity index (χ3v) is 5.24. The number of aliphatic hydroxyl groups is 1. The lowest BCUT2D eigenvalue weighted by Gasteiger charge is -2.41. The molecule has 5 heteroatoms. The molecule has 1 aromatic heterocycles. The summed E-state index contributed by atoms with van der Waals surface area (Å²) in [5.41, 5.74) is 0.887. The molecule has 2 heterocycles. The molecule has 22 heavy (non-hydrogen) atoms. The predicted molar refractivity (Wildman–Crippen MR) is 85.8 cm³/mol. The normalized spacial score (nSPS) is 27.9. The fourth-order valence-electron chi connectivity index (χ4n) is 3.91. The van der Waals surface area contributed by atoms with Crippen molar-refractivity contribution in [3.8, 4) is 0 Å². The van der Waals surface area contributed by atoms with E-state index in [1.807, 2.05) is 6.92 Å². The summed E-state index contributed by atoms with van der Waals surface area (Å²) in [5, 5.41) is 14.5. The van der Waals surface area contributed by atoms with Gasteiger partial charge in [0.05, 0.1) is 11.8 Å². The van der Waals surface area contributed by atoms with E-state index in [0.29, 0.717) is 12.0 Å². The number of aliphatic hydroxyl groups excluding tert-OH is 1. The fraction of sp³-hybridized carbons (Fsp3) is 0.765. The molecule has 2 unspecified atom stereocenters. The molecule has 0 amide bonds. The molecule has 2 fully saturated rings. The maximum atomic E-state index is 11.9. The Kier molecular flexibility index (Phi) is 4.93. The van der Waals surface area contributed by atoms with Crippen molar-refractivity contribution < 1.29 is 5.11 Å². The van der Waals surface area contributed by atoms with Crippen LogP contribution in [0, 0.1) is 12.8 Å². The Morgan fingerprint density at radius 2 is 1.91 bits per heavy atom. The topological polar surface area (TPSA) is 58.4 Å². The van der Waals surface area contributed by atoms with Gasteiger partial charge in [-0.3, -0.25) is 9.69 Å². The van der Waals surface area contributed by atoms with Crippen molar-refractivity contribution >= 4 is 0 Å². The molecule has 1 aliphatic heterocycles. The van der Waals surface area contributed by atoms with Crippen molar-refractivity contribution in [2.45, 2.75) is 64.1 Å². The lowest BCUT2D eigenvalue weighted by Crippen LogP contribution is -2.49. The Morgan fingerprint density at radius 3 is 2.64 bits per heavy atom. The van der Waals surface area contributed by atoms with E-state index in [9.17, 15) is 9.90 Å². The summed E-state index contributed by atoms with van der Waals surface area (Å²) < 4.78 is 1.62. The largest absolute Gasteiger partial charge is 0.391 e.